The van der Waals surface area contributed by atoms with Gasteiger partial charge in [-0.1, -0.05) is 29.8 Å². The van der Waals surface area contributed by atoms with Crippen molar-refractivity contribution in [1.82, 2.24) is 0 Å². The smallest absolute Gasteiger partial charge is 0.119 e. The van der Waals surface area contributed by atoms with Crippen LogP contribution in [-0.2, 0) is 12.8 Å². The van der Waals surface area contributed by atoms with Gasteiger partial charge in [0, 0.05) is 23.5 Å². The molecule has 24 heavy (non-hydrogen) atoms. The molecule has 3 nitrogen and oxygen atoms in total. The average Bonchev–Trinajstić information content (AvgIpc) is 2.55. The van der Waals surface area contributed by atoms with Crippen molar-refractivity contribution in [2.45, 2.75) is 31.2 Å². The molecule has 2 aromatic rings. The van der Waals surface area contributed by atoms with Crippen LogP contribution in [0.2, 0.25) is 5.02 Å². The summed E-state index contributed by atoms with van der Waals surface area (Å²) in [6, 6.07) is 14.5. The van der Waals surface area contributed by atoms with E-state index in [4.69, 9.17) is 27.8 Å². The predicted molar refractivity (Wildman–Crippen MR) is 102 cm³/mol. The number of hydrogen-bond donors (Lipinski definition) is 2. The summed E-state index contributed by atoms with van der Waals surface area (Å²) in [5.41, 5.74) is 15.9. The molecule has 0 saturated heterocycles. The molecule has 0 radical (unpaired) electrons. The largest absolute Gasteiger partial charge is 0.492 e. The van der Waals surface area contributed by atoms with Gasteiger partial charge in [-0.15, -0.1) is 12.4 Å². The minimum absolute atomic E-state index is 0. The van der Waals surface area contributed by atoms with Crippen LogP contribution >= 0.6 is 24.0 Å². The maximum absolute atomic E-state index is 6.44. The number of ether oxygens (including phenoxy) is 1. The molecule has 3 rings (SSSR count). The molecular weight excluding hydrogens is 343 g/mol. The first kappa shape index (κ1) is 19.1. The Morgan fingerprint density at radius 3 is 2.75 bits per heavy atom. The molecule has 1 aliphatic rings. The van der Waals surface area contributed by atoms with E-state index in [1.54, 1.807) is 0 Å². The Labute approximate surface area is 154 Å². The summed E-state index contributed by atoms with van der Waals surface area (Å²) >= 11 is 6.12. The van der Waals surface area contributed by atoms with E-state index in [0.29, 0.717) is 19.1 Å². The zero-order chi connectivity index (χ0) is 16.2. The summed E-state index contributed by atoms with van der Waals surface area (Å²) in [7, 11) is 0. The number of fused-ring (bicyclic) bond motifs is 1. The van der Waals surface area contributed by atoms with Gasteiger partial charge in [0.05, 0.1) is 0 Å². The van der Waals surface area contributed by atoms with Gasteiger partial charge in [-0.25, -0.2) is 0 Å². The van der Waals surface area contributed by atoms with Crippen LogP contribution in [0.5, 0.6) is 5.75 Å². The van der Waals surface area contributed by atoms with Gasteiger partial charge in [0.25, 0.3) is 0 Å². The maximum Gasteiger partial charge on any atom is 0.119 e. The minimum Gasteiger partial charge on any atom is -0.492 e. The fraction of sp³-hybridized carbons (Fsp3) is 0.368. The Balaban J connectivity index is 0.00000208. The standard InChI is InChI=1S/C19H23ClN2O.ClH/c20-15-3-1-2-13(10-15)11-18-17-12-16(23-9-8-21)6-4-14(17)5-7-19(18)22;/h1-4,6,10,12,18-19H,5,7-9,11,21-22H2;1H. The molecule has 1 aliphatic carbocycles. The highest BCUT2D eigenvalue weighted by atomic mass is 35.5. The number of benzene rings is 2. The fourth-order valence-corrected chi connectivity index (χ4v) is 3.56. The molecule has 0 aromatic heterocycles. The molecule has 0 aliphatic heterocycles. The van der Waals surface area contributed by atoms with Gasteiger partial charge in [-0.2, -0.15) is 0 Å². The lowest BCUT2D eigenvalue weighted by molar-refractivity contribution is 0.327. The molecule has 2 atom stereocenters. The number of nitrogens with two attached hydrogens (primary N) is 2. The Morgan fingerprint density at radius 1 is 1.17 bits per heavy atom. The van der Waals surface area contributed by atoms with Gasteiger partial charge in [-0.3, -0.25) is 0 Å². The zero-order valence-corrected chi connectivity index (χ0v) is 15.2. The molecule has 4 N–H and O–H groups in total. The summed E-state index contributed by atoms with van der Waals surface area (Å²) in [5.74, 6) is 1.16. The first-order valence-corrected chi connectivity index (χ1v) is 8.51. The Bertz CT molecular complexity index is 678. The number of hydrogen-bond acceptors (Lipinski definition) is 3. The molecule has 2 aromatic carbocycles. The lowest BCUT2D eigenvalue weighted by Gasteiger charge is -2.32. The molecule has 0 fully saturated rings. The second kappa shape index (κ2) is 8.72. The maximum atomic E-state index is 6.44. The second-order valence-electron chi connectivity index (χ2n) is 6.14. The van der Waals surface area contributed by atoms with E-state index < -0.39 is 0 Å². The third kappa shape index (κ3) is 4.42. The summed E-state index contributed by atoms with van der Waals surface area (Å²) < 4.78 is 5.69. The van der Waals surface area contributed by atoms with Gasteiger partial charge in [0.15, 0.2) is 0 Å². The van der Waals surface area contributed by atoms with Crippen molar-refractivity contribution in [3.05, 3.63) is 64.2 Å². The van der Waals surface area contributed by atoms with E-state index in [0.717, 1.165) is 30.0 Å². The summed E-state index contributed by atoms with van der Waals surface area (Å²) in [6.45, 7) is 1.05. The Hall–Kier alpha value is -1.26. The van der Waals surface area contributed by atoms with Crippen LogP contribution in [0, 0.1) is 0 Å². The van der Waals surface area contributed by atoms with Gasteiger partial charge in [-0.05, 0) is 60.2 Å². The van der Waals surface area contributed by atoms with E-state index in [2.05, 4.69) is 18.2 Å². The fourth-order valence-electron chi connectivity index (χ4n) is 3.35. The van der Waals surface area contributed by atoms with Crippen molar-refractivity contribution >= 4 is 24.0 Å². The third-order valence-corrected chi connectivity index (χ3v) is 4.75. The highest BCUT2D eigenvalue weighted by Gasteiger charge is 2.27. The summed E-state index contributed by atoms with van der Waals surface area (Å²) in [4.78, 5) is 0. The lowest BCUT2D eigenvalue weighted by atomic mass is 9.76. The molecule has 0 amide bonds. The van der Waals surface area contributed by atoms with Crippen molar-refractivity contribution in [3.63, 3.8) is 0 Å². The van der Waals surface area contributed by atoms with Crippen molar-refractivity contribution in [3.8, 4) is 5.75 Å². The third-order valence-electron chi connectivity index (χ3n) is 4.51. The molecule has 2 unspecified atom stereocenters. The highest BCUT2D eigenvalue weighted by Crippen LogP contribution is 2.36. The number of halogens is 2. The van der Waals surface area contributed by atoms with E-state index in [9.17, 15) is 0 Å². The van der Waals surface area contributed by atoms with Gasteiger partial charge in [0.2, 0.25) is 0 Å². The van der Waals surface area contributed by atoms with Gasteiger partial charge in [0.1, 0.15) is 12.4 Å². The molecular formula is C19H24Cl2N2O. The molecule has 0 heterocycles. The minimum atomic E-state index is 0. The van der Waals surface area contributed by atoms with Crippen molar-refractivity contribution in [1.29, 1.82) is 0 Å². The molecule has 0 saturated carbocycles. The topological polar surface area (TPSA) is 61.3 Å². The van der Waals surface area contributed by atoms with Crippen LogP contribution < -0.4 is 16.2 Å². The Morgan fingerprint density at radius 2 is 2.00 bits per heavy atom. The Kier molecular flexibility index (Phi) is 6.93. The van der Waals surface area contributed by atoms with Crippen LogP contribution in [0.15, 0.2) is 42.5 Å². The molecule has 0 bridgehead atoms. The van der Waals surface area contributed by atoms with E-state index in [-0.39, 0.29) is 18.4 Å². The van der Waals surface area contributed by atoms with Crippen LogP contribution in [0.1, 0.15) is 29.0 Å². The quantitative estimate of drug-likeness (QED) is 0.847. The molecule has 5 heteroatoms. The second-order valence-corrected chi connectivity index (χ2v) is 6.58. The van der Waals surface area contributed by atoms with Crippen molar-refractivity contribution < 1.29 is 4.74 Å². The van der Waals surface area contributed by atoms with Crippen LogP contribution in [0.4, 0.5) is 0 Å². The van der Waals surface area contributed by atoms with Gasteiger partial charge >= 0.3 is 0 Å². The average molecular weight is 367 g/mol. The van der Waals surface area contributed by atoms with Crippen molar-refractivity contribution in [2.75, 3.05) is 13.2 Å². The summed E-state index contributed by atoms with van der Waals surface area (Å²) in [5, 5.41) is 0.770. The number of rotatable bonds is 5. The lowest BCUT2D eigenvalue weighted by Crippen LogP contribution is -2.34. The zero-order valence-electron chi connectivity index (χ0n) is 13.6. The normalized spacial score (nSPS) is 19.3. The van der Waals surface area contributed by atoms with Gasteiger partial charge < -0.3 is 16.2 Å². The van der Waals surface area contributed by atoms with Crippen LogP contribution in [-0.4, -0.2) is 19.2 Å². The van der Waals surface area contributed by atoms with E-state index in [1.807, 2.05) is 24.3 Å². The summed E-state index contributed by atoms with van der Waals surface area (Å²) in [6.07, 6.45) is 2.94. The molecule has 130 valence electrons. The van der Waals surface area contributed by atoms with E-state index in [1.165, 1.54) is 16.7 Å². The monoisotopic (exact) mass is 366 g/mol. The first-order valence-electron chi connectivity index (χ1n) is 8.13. The molecule has 0 spiro atoms. The van der Waals surface area contributed by atoms with Crippen LogP contribution in [0.3, 0.4) is 0 Å². The number of aryl methyl sites for hydroxylation is 1. The SMILES string of the molecule is Cl.NCCOc1ccc2c(c1)C(Cc1cccc(Cl)c1)C(N)CC2. The predicted octanol–water partition coefficient (Wildman–Crippen LogP) is 3.70. The first-order chi connectivity index (χ1) is 11.2. The van der Waals surface area contributed by atoms with Crippen molar-refractivity contribution in [2.24, 2.45) is 11.5 Å². The van der Waals surface area contributed by atoms with E-state index >= 15 is 0 Å². The van der Waals surface area contributed by atoms with Crippen LogP contribution in [0.25, 0.3) is 0 Å². The highest BCUT2D eigenvalue weighted by molar-refractivity contribution is 6.30.